The maximum atomic E-state index is 4.56. The third-order valence-electron chi connectivity index (χ3n) is 2.81. The molecule has 2 N–H and O–H groups in total. The lowest BCUT2D eigenvalue weighted by molar-refractivity contribution is 0.573. The zero-order valence-corrected chi connectivity index (χ0v) is 13.3. The predicted octanol–water partition coefficient (Wildman–Crippen LogP) is 2.46. The zero-order chi connectivity index (χ0) is 14.1. The van der Waals surface area contributed by atoms with Crippen molar-refractivity contribution in [1.82, 2.24) is 15.6 Å². The van der Waals surface area contributed by atoms with Crippen molar-refractivity contribution in [3.05, 3.63) is 16.1 Å². The molecule has 0 radical (unpaired) electrons. The highest BCUT2D eigenvalue weighted by Gasteiger charge is 2.02. The van der Waals surface area contributed by atoms with Gasteiger partial charge in [-0.25, -0.2) is 4.98 Å². The van der Waals surface area contributed by atoms with Crippen molar-refractivity contribution in [2.45, 2.75) is 40.0 Å². The number of aliphatic imine (C=N–C) groups is 1. The first-order valence-corrected chi connectivity index (χ1v) is 7.91. The fourth-order valence-corrected chi connectivity index (χ4v) is 2.41. The molecule has 1 rings (SSSR count). The minimum atomic E-state index is 0.716. The number of guanidine groups is 1. The summed E-state index contributed by atoms with van der Waals surface area (Å²) < 4.78 is 0. The Morgan fingerprint density at radius 1 is 1.37 bits per heavy atom. The van der Waals surface area contributed by atoms with Crippen molar-refractivity contribution in [2.75, 3.05) is 20.1 Å². The van der Waals surface area contributed by atoms with Gasteiger partial charge < -0.3 is 10.6 Å². The molecule has 0 aliphatic rings. The van der Waals surface area contributed by atoms with E-state index in [2.05, 4.69) is 46.8 Å². The van der Waals surface area contributed by atoms with Crippen molar-refractivity contribution >= 4 is 17.3 Å². The second-order valence-electron chi connectivity index (χ2n) is 4.94. The van der Waals surface area contributed by atoms with E-state index in [-0.39, 0.29) is 0 Å². The first-order valence-electron chi connectivity index (χ1n) is 7.03. The lowest BCUT2D eigenvalue weighted by atomic mass is 10.1. The topological polar surface area (TPSA) is 49.3 Å². The summed E-state index contributed by atoms with van der Waals surface area (Å²) in [6, 6.07) is 0. The van der Waals surface area contributed by atoms with Crippen LogP contribution < -0.4 is 10.6 Å². The Kier molecular flexibility index (Phi) is 7.48. The molecule has 0 bridgehead atoms. The summed E-state index contributed by atoms with van der Waals surface area (Å²) in [5.74, 6) is 1.60. The molecule has 5 heteroatoms. The summed E-state index contributed by atoms with van der Waals surface area (Å²) in [5.41, 5.74) is 1.17. The van der Waals surface area contributed by atoms with Gasteiger partial charge in [-0.3, -0.25) is 4.99 Å². The van der Waals surface area contributed by atoms with Gasteiger partial charge in [0.05, 0.1) is 10.7 Å². The SMILES string of the molecule is CCc1nc(CCNC(=NC)NCCC(C)C)cs1. The molecule has 19 heavy (non-hydrogen) atoms. The molecule has 0 atom stereocenters. The number of aromatic nitrogens is 1. The highest BCUT2D eigenvalue weighted by atomic mass is 32.1. The zero-order valence-electron chi connectivity index (χ0n) is 12.5. The van der Waals surface area contributed by atoms with Crippen molar-refractivity contribution in [1.29, 1.82) is 0 Å². The molecular weight excluding hydrogens is 256 g/mol. The van der Waals surface area contributed by atoms with Crippen LogP contribution in [-0.4, -0.2) is 31.1 Å². The second-order valence-corrected chi connectivity index (χ2v) is 5.89. The van der Waals surface area contributed by atoms with E-state index in [4.69, 9.17) is 0 Å². The van der Waals surface area contributed by atoms with Gasteiger partial charge in [-0.05, 0) is 18.8 Å². The Morgan fingerprint density at radius 3 is 2.68 bits per heavy atom. The third-order valence-corrected chi connectivity index (χ3v) is 3.86. The molecule has 0 fully saturated rings. The number of hydrogen-bond donors (Lipinski definition) is 2. The summed E-state index contributed by atoms with van der Waals surface area (Å²) in [6.45, 7) is 8.43. The Bertz CT molecular complexity index is 385. The molecule has 0 saturated carbocycles. The minimum Gasteiger partial charge on any atom is -0.356 e. The average molecular weight is 282 g/mol. The molecule has 4 nitrogen and oxygen atoms in total. The summed E-state index contributed by atoms with van der Waals surface area (Å²) in [6.07, 6.45) is 3.13. The summed E-state index contributed by atoms with van der Waals surface area (Å²) in [7, 11) is 1.81. The Morgan fingerprint density at radius 2 is 2.11 bits per heavy atom. The molecule has 0 saturated heterocycles. The second kappa shape index (κ2) is 8.91. The molecule has 1 heterocycles. The standard InChI is InChI=1S/C14H26N4S/c1-5-13-18-12(10-19-13)7-9-17-14(15-4)16-8-6-11(2)3/h10-11H,5-9H2,1-4H3,(H2,15,16,17). The molecule has 1 aromatic rings. The van der Waals surface area contributed by atoms with Gasteiger partial charge in [-0.2, -0.15) is 0 Å². The smallest absolute Gasteiger partial charge is 0.190 e. The highest BCUT2D eigenvalue weighted by Crippen LogP contribution is 2.10. The van der Waals surface area contributed by atoms with E-state index < -0.39 is 0 Å². The van der Waals surface area contributed by atoms with Crippen molar-refractivity contribution in [3.63, 3.8) is 0 Å². The number of thiazole rings is 1. The minimum absolute atomic E-state index is 0.716. The number of nitrogens with one attached hydrogen (secondary N) is 2. The average Bonchev–Trinajstić information content (AvgIpc) is 2.84. The molecule has 0 spiro atoms. The Hall–Kier alpha value is -1.10. The van der Waals surface area contributed by atoms with Gasteiger partial charge >= 0.3 is 0 Å². The fraction of sp³-hybridized carbons (Fsp3) is 0.714. The molecule has 0 aliphatic heterocycles. The quantitative estimate of drug-likeness (QED) is 0.596. The van der Waals surface area contributed by atoms with Crippen molar-refractivity contribution in [2.24, 2.45) is 10.9 Å². The predicted molar refractivity (Wildman–Crippen MR) is 84.0 cm³/mol. The summed E-state index contributed by atoms with van der Waals surface area (Å²) in [4.78, 5) is 8.77. The van der Waals surface area contributed by atoms with Crippen LogP contribution >= 0.6 is 11.3 Å². The van der Waals surface area contributed by atoms with Crippen LogP contribution in [0.1, 0.15) is 37.9 Å². The summed E-state index contributed by atoms with van der Waals surface area (Å²) in [5, 5.41) is 10.0. The van der Waals surface area contributed by atoms with Crippen LogP contribution in [0.2, 0.25) is 0 Å². The number of hydrogen-bond acceptors (Lipinski definition) is 3. The number of aryl methyl sites for hydroxylation is 1. The van der Waals surface area contributed by atoms with E-state index in [1.807, 2.05) is 7.05 Å². The van der Waals surface area contributed by atoms with E-state index in [0.717, 1.165) is 38.3 Å². The monoisotopic (exact) mass is 282 g/mol. The van der Waals surface area contributed by atoms with Gasteiger partial charge in [-0.1, -0.05) is 20.8 Å². The van der Waals surface area contributed by atoms with E-state index in [1.54, 1.807) is 11.3 Å². The van der Waals surface area contributed by atoms with Crippen LogP contribution in [0.15, 0.2) is 10.4 Å². The van der Waals surface area contributed by atoms with Crippen LogP contribution in [0, 0.1) is 5.92 Å². The van der Waals surface area contributed by atoms with Gasteiger partial charge in [-0.15, -0.1) is 11.3 Å². The van der Waals surface area contributed by atoms with Crippen molar-refractivity contribution in [3.8, 4) is 0 Å². The van der Waals surface area contributed by atoms with Gasteiger partial charge in [0.25, 0.3) is 0 Å². The van der Waals surface area contributed by atoms with Gasteiger partial charge in [0.1, 0.15) is 0 Å². The van der Waals surface area contributed by atoms with Gasteiger partial charge in [0, 0.05) is 31.9 Å². The summed E-state index contributed by atoms with van der Waals surface area (Å²) >= 11 is 1.75. The van der Waals surface area contributed by atoms with Crippen LogP contribution in [0.25, 0.3) is 0 Å². The van der Waals surface area contributed by atoms with Crippen LogP contribution in [0.4, 0.5) is 0 Å². The maximum Gasteiger partial charge on any atom is 0.190 e. The Balaban J connectivity index is 2.22. The normalized spacial score (nSPS) is 11.9. The largest absolute Gasteiger partial charge is 0.356 e. The number of rotatable bonds is 7. The molecule has 0 amide bonds. The highest BCUT2D eigenvalue weighted by molar-refractivity contribution is 7.09. The van der Waals surface area contributed by atoms with Crippen LogP contribution in [0.5, 0.6) is 0 Å². The van der Waals surface area contributed by atoms with Crippen LogP contribution in [0.3, 0.4) is 0 Å². The van der Waals surface area contributed by atoms with E-state index in [0.29, 0.717) is 5.92 Å². The lowest BCUT2D eigenvalue weighted by Crippen LogP contribution is -2.39. The maximum absolute atomic E-state index is 4.56. The molecular formula is C14H26N4S. The van der Waals surface area contributed by atoms with Gasteiger partial charge in [0.15, 0.2) is 5.96 Å². The Labute approximate surface area is 120 Å². The third kappa shape index (κ3) is 6.57. The molecule has 108 valence electrons. The first kappa shape index (κ1) is 16.0. The molecule has 0 aromatic carbocycles. The van der Waals surface area contributed by atoms with E-state index >= 15 is 0 Å². The lowest BCUT2D eigenvalue weighted by Gasteiger charge is -2.12. The van der Waals surface area contributed by atoms with Crippen LogP contribution in [-0.2, 0) is 12.8 Å². The molecule has 0 unspecified atom stereocenters. The van der Waals surface area contributed by atoms with E-state index in [9.17, 15) is 0 Å². The fourth-order valence-electron chi connectivity index (χ4n) is 1.63. The van der Waals surface area contributed by atoms with Crippen molar-refractivity contribution < 1.29 is 0 Å². The molecule has 1 aromatic heterocycles. The molecule has 0 aliphatic carbocycles. The van der Waals surface area contributed by atoms with Gasteiger partial charge in [0.2, 0.25) is 0 Å². The first-order chi connectivity index (χ1) is 9.15. The number of nitrogens with zero attached hydrogens (tertiary/aromatic N) is 2. The van der Waals surface area contributed by atoms with E-state index in [1.165, 1.54) is 10.7 Å².